The fourth-order valence-corrected chi connectivity index (χ4v) is 2.50. The Labute approximate surface area is 115 Å². The first-order valence-corrected chi connectivity index (χ1v) is 6.71. The minimum absolute atomic E-state index is 0.0123. The Hall–Kier alpha value is -1.17. The third-order valence-electron chi connectivity index (χ3n) is 3.30. The molecule has 1 aromatic rings. The van der Waals surface area contributed by atoms with E-state index in [2.05, 4.69) is 37.7 Å². The number of carbonyl (C=O) groups is 1. The highest BCUT2D eigenvalue weighted by atomic mass is 79.9. The minimum Gasteiger partial charge on any atom is -0.469 e. The first-order valence-electron chi connectivity index (χ1n) is 5.92. The van der Waals surface area contributed by atoms with Crippen molar-refractivity contribution in [2.45, 2.75) is 13.3 Å². The van der Waals surface area contributed by atoms with E-state index in [1.165, 1.54) is 7.11 Å². The van der Waals surface area contributed by atoms with Crippen LogP contribution >= 0.6 is 15.9 Å². The molecule has 0 bridgehead atoms. The van der Waals surface area contributed by atoms with Crippen molar-refractivity contribution in [1.82, 2.24) is 9.97 Å². The summed E-state index contributed by atoms with van der Waals surface area (Å²) < 4.78 is 5.69. The van der Waals surface area contributed by atoms with Gasteiger partial charge in [-0.2, -0.15) is 0 Å². The standard InChI is InChI=1S/C12H16BrN3O2/c1-8-7-16(4-3-10(8)11(17)18-2)12-14-5-9(13)6-15-12/h5-6,8,10H,3-4,7H2,1-2H3/t8-,10+/m1/s1. The molecule has 0 amide bonds. The molecule has 1 aromatic heterocycles. The van der Waals surface area contributed by atoms with Gasteiger partial charge in [-0.05, 0) is 28.3 Å². The number of anilines is 1. The zero-order chi connectivity index (χ0) is 13.1. The van der Waals surface area contributed by atoms with Crippen molar-refractivity contribution >= 4 is 27.8 Å². The van der Waals surface area contributed by atoms with Gasteiger partial charge in [-0.3, -0.25) is 4.79 Å². The maximum atomic E-state index is 11.6. The van der Waals surface area contributed by atoms with E-state index in [-0.39, 0.29) is 17.8 Å². The van der Waals surface area contributed by atoms with Crippen molar-refractivity contribution in [2.24, 2.45) is 11.8 Å². The summed E-state index contributed by atoms with van der Waals surface area (Å²) in [4.78, 5) is 22.3. The Bertz CT molecular complexity index is 424. The van der Waals surface area contributed by atoms with Crippen molar-refractivity contribution in [3.05, 3.63) is 16.9 Å². The zero-order valence-electron chi connectivity index (χ0n) is 10.5. The van der Waals surface area contributed by atoms with Gasteiger partial charge in [0.25, 0.3) is 0 Å². The Morgan fingerprint density at radius 2 is 2.17 bits per heavy atom. The van der Waals surface area contributed by atoms with Gasteiger partial charge < -0.3 is 9.64 Å². The van der Waals surface area contributed by atoms with Crippen LogP contribution in [-0.4, -0.2) is 36.1 Å². The van der Waals surface area contributed by atoms with Crippen LogP contribution in [0.2, 0.25) is 0 Å². The van der Waals surface area contributed by atoms with Crippen molar-refractivity contribution in [3.63, 3.8) is 0 Å². The fraction of sp³-hybridized carbons (Fsp3) is 0.583. The molecule has 0 radical (unpaired) electrons. The average Bonchev–Trinajstić information content (AvgIpc) is 2.38. The summed E-state index contributed by atoms with van der Waals surface area (Å²) in [5.41, 5.74) is 0. The lowest BCUT2D eigenvalue weighted by atomic mass is 9.87. The second-order valence-electron chi connectivity index (χ2n) is 4.54. The Morgan fingerprint density at radius 3 is 2.72 bits per heavy atom. The van der Waals surface area contributed by atoms with Crippen LogP contribution < -0.4 is 4.90 Å². The molecule has 0 aromatic carbocycles. The van der Waals surface area contributed by atoms with E-state index in [0.29, 0.717) is 5.95 Å². The molecule has 2 rings (SSSR count). The number of ether oxygens (including phenoxy) is 1. The smallest absolute Gasteiger partial charge is 0.309 e. The number of halogens is 1. The summed E-state index contributed by atoms with van der Waals surface area (Å²) in [6.45, 7) is 3.62. The van der Waals surface area contributed by atoms with E-state index < -0.39 is 0 Å². The predicted molar refractivity (Wildman–Crippen MR) is 71.2 cm³/mol. The molecule has 0 unspecified atom stereocenters. The normalized spacial score (nSPS) is 23.8. The molecule has 1 saturated heterocycles. The molecule has 1 aliphatic heterocycles. The Kier molecular flexibility index (Phi) is 4.16. The first kappa shape index (κ1) is 13.3. The van der Waals surface area contributed by atoms with Crippen LogP contribution in [0.15, 0.2) is 16.9 Å². The molecule has 0 N–H and O–H groups in total. The van der Waals surface area contributed by atoms with Gasteiger partial charge in [0, 0.05) is 25.5 Å². The van der Waals surface area contributed by atoms with Gasteiger partial charge in [0.2, 0.25) is 5.95 Å². The lowest BCUT2D eigenvalue weighted by Gasteiger charge is -2.35. The predicted octanol–water partition coefficient (Wildman–Crippen LogP) is 1.87. The summed E-state index contributed by atoms with van der Waals surface area (Å²) in [6, 6.07) is 0. The number of nitrogens with zero attached hydrogens (tertiary/aromatic N) is 3. The number of aromatic nitrogens is 2. The summed E-state index contributed by atoms with van der Waals surface area (Å²) in [7, 11) is 1.44. The van der Waals surface area contributed by atoms with Gasteiger partial charge in [0.15, 0.2) is 0 Å². The largest absolute Gasteiger partial charge is 0.469 e. The highest BCUT2D eigenvalue weighted by Gasteiger charge is 2.32. The number of hydrogen-bond acceptors (Lipinski definition) is 5. The monoisotopic (exact) mass is 313 g/mol. The van der Waals surface area contributed by atoms with E-state index in [9.17, 15) is 4.79 Å². The summed E-state index contributed by atoms with van der Waals surface area (Å²) >= 11 is 3.31. The number of piperidine rings is 1. The third-order valence-corrected chi connectivity index (χ3v) is 3.71. The molecule has 0 saturated carbocycles. The van der Waals surface area contributed by atoms with E-state index in [1.54, 1.807) is 12.4 Å². The van der Waals surface area contributed by atoms with Gasteiger partial charge in [-0.1, -0.05) is 6.92 Å². The summed E-state index contributed by atoms with van der Waals surface area (Å²) in [5.74, 6) is 0.840. The number of methoxy groups -OCH3 is 1. The average molecular weight is 314 g/mol. The maximum absolute atomic E-state index is 11.6. The number of rotatable bonds is 2. The van der Waals surface area contributed by atoms with Crippen LogP contribution in [0, 0.1) is 11.8 Å². The lowest BCUT2D eigenvalue weighted by molar-refractivity contribution is -0.147. The molecule has 5 nitrogen and oxygen atoms in total. The van der Waals surface area contributed by atoms with Crippen LogP contribution in [0.1, 0.15) is 13.3 Å². The number of carbonyl (C=O) groups excluding carboxylic acids is 1. The van der Waals surface area contributed by atoms with Gasteiger partial charge in [0.1, 0.15) is 0 Å². The van der Waals surface area contributed by atoms with E-state index in [4.69, 9.17) is 4.74 Å². The highest BCUT2D eigenvalue weighted by molar-refractivity contribution is 9.10. The van der Waals surface area contributed by atoms with Crippen molar-refractivity contribution in [2.75, 3.05) is 25.1 Å². The van der Waals surface area contributed by atoms with Crippen LogP contribution in [0.25, 0.3) is 0 Å². The molecule has 6 heteroatoms. The molecule has 98 valence electrons. The van der Waals surface area contributed by atoms with Gasteiger partial charge in [-0.15, -0.1) is 0 Å². The minimum atomic E-state index is -0.112. The van der Waals surface area contributed by atoms with Crippen LogP contribution in [0.5, 0.6) is 0 Å². The molecule has 1 aliphatic rings. The SMILES string of the molecule is COC(=O)[C@H]1CCN(c2ncc(Br)cn2)C[C@H]1C. The van der Waals surface area contributed by atoms with Crippen molar-refractivity contribution < 1.29 is 9.53 Å². The van der Waals surface area contributed by atoms with Gasteiger partial charge in [0.05, 0.1) is 17.5 Å². The zero-order valence-corrected chi connectivity index (χ0v) is 12.1. The lowest BCUT2D eigenvalue weighted by Crippen LogP contribution is -2.43. The van der Waals surface area contributed by atoms with E-state index in [1.807, 2.05) is 0 Å². The highest BCUT2D eigenvalue weighted by Crippen LogP contribution is 2.26. The van der Waals surface area contributed by atoms with Gasteiger partial charge in [-0.25, -0.2) is 9.97 Å². The van der Waals surface area contributed by atoms with Crippen molar-refractivity contribution in [3.8, 4) is 0 Å². The second kappa shape index (κ2) is 5.65. The summed E-state index contributed by atoms with van der Waals surface area (Å²) in [6.07, 6.45) is 4.26. The number of hydrogen-bond donors (Lipinski definition) is 0. The molecule has 0 aliphatic carbocycles. The molecule has 1 fully saturated rings. The number of esters is 1. The molecular formula is C12H16BrN3O2. The second-order valence-corrected chi connectivity index (χ2v) is 5.46. The van der Waals surface area contributed by atoms with E-state index >= 15 is 0 Å². The molecule has 18 heavy (non-hydrogen) atoms. The fourth-order valence-electron chi connectivity index (χ4n) is 2.30. The van der Waals surface area contributed by atoms with Crippen molar-refractivity contribution in [1.29, 1.82) is 0 Å². The Morgan fingerprint density at radius 1 is 1.50 bits per heavy atom. The Balaban J connectivity index is 2.04. The summed E-state index contributed by atoms with van der Waals surface area (Å²) in [5, 5.41) is 0. The van der Waals surface area contributed by atoms with Crippen LogP contribution in [0.4, 0.5) is 5.95 Å². The third kappa shape index (κ3) is 2.80. The molecule has 2 heterocycles. The van der Waals surface area contributed by atoms with Crippen LogP contribution in [0.3, 0.4) is 0 Å². The first-order chi connectivity index (χ1) is 8.61. The molecular weight excluding hydrogens is 298 g/mol. The molecule has 0 spiro atoms. The van der Waals surface area contributed by atoms with Gasteiger partial charge >= 0.3 is 5.97 Å². The van der Waals surface area contributed by atoms with E-state index in [0.717, 1.165) is 24.0 Å². The topological polar surface area (TPSA) is 55.3 Å². The quantitative estimate of drug-likeness (QED) is 0.780. The maximum Gasteiger partial charge on any atom is 0.309 e. The molecule has 2 atom stereocenters. The van der Waals surface area contributed by atoms with Crippen LogP contribution in [-0.2, 0) is 9.53 Å².